The first-order valence-corrected chi connectivity index (χ1v) is 3.66. The second-order valence-corrected chi connectivity index (χ2v) is 2.74. The summed E-state index contributed by atoms with van der Waals surface area (Å²) < 4.78 is 36.6. The van der Waals surface area contributed by atoms with Gasteiger partial charge in [0.05, 0.1) is 11.1 Å². The maximum atomic E-state index is 12.2. The number of hydrogen-bond acceptors (Lipinski definition) is 2. The molecule has 84 valence electrons. The molecule has 0 saturated heterocycles. The van der Waals surface area contributed by atoms with Crippen LogP contribution in [0.3, 0.4) is 0 Å². The van der Waals surface area contributed by atoms with Crippen molar-refractivity contribution in [2.24, 2.45) is 0 Å². The van der Waals surface area contributed by atoms with Crippen molar-refractivity contribution in [3.8, 4) is 0 Å². The molecule has 0 aliphatic rings. The third-order valence-electron chi connectivity index (χ3n) is 1.41. The molecule has 1 N–H and O–H groups in total. The van der Waals surface area contributed by atoms with E-state index in [9.17, 15) is 18.0 Å². The molecule has 1 heterocycles. The van der Waals surface area contributed by atoms with E-state index >= 15 is 0 Å². The first-order chi connectivity index (χ1) is 6.32. The van der Waals surface area contributed by atoms with Gasteiger partial charge in [0, 0.05) is 6.20 Å². The Hall–Kier alpha value is -1.01. The van der Waals surface area contributed by atoms with Crippen LogP contribution in [0.25, 0.3) is 0 Å². The third kappa shape index (κ3) is 3.24. The Bertz CT molecular complexity index is 381. The van der Waals surface area contributed by atoms with Crippen molar-refractivity contribution < 1.29 is 23.1 Å². The van der Waals surface area contributed by atoms with Crippen molar-refractivity contribution >= 4 is 30.0 Å². The van der Waals surface area contributed by atoms with Gasteiger partial charge in [-0.15, -0.1) is 12.4 Å². The first-order valence-electron chi connectivity index (χ1n) is 3.28. The number of aromatic carboxylic acids is 1. The number of carboxylic acid groups (broad SMARTS) is 1. The van der Waals surface area contributed by atoms with Crippen LogP contribution in [0.1, 0.15) is 15.9 Å². The predicted octanol–water partition coefficient (Wildman–Crippen LogP) is 2.87. The lowest BCUT2D eigenvalue weighted by Gasteiger charge is -2.08. The van der Waals surface area contributed by atoms with Gasteiger partial charge in [-0.2, -0.15) is 13.2 Å². The fourth-order valence-electron chi connectivity index (χ4n) is 0.833. The van der Waals surface area contributed by atoms with Gasteiger partial charge in [-0.1, -0.05) is 11.6 Å². The van der Waals surface area contributed by atoms with E-state index in [1.165, 1.54) is 0 Å². The van der Waals surface area contributed by atoms with Gasteiger partial charge in [0.25, 0.3) is 0 Å². The van der Waals surface area contributed by atoms with E-state index in [1.807, 2.05) is 0 Å². The Morgan fingerprint density at radius 2 is 2.00 bits per heavy atom. The lowest BCUT2D eigenvalue weighted by molar-refractivity contribution is -0.138. The largest absolute Gasteiger partial charge is 0.478 e. The van der Waals surface area contributed by atoms with Crippen LogP contribution >= 0.6 is 24.0 Å². The standard InChI is InChI=1S/C7H3ClF3NO2.ClH/c8-5-1-3(6(13)14)4(2-12-5)7(9,10)11;/h1-2H,(H,13,14);1H. The zero-order chi connectivity index (χ0) is 10.9. The van der Waals surface area contributed by atoms with Crippen LogP contribution in [0.15, 0.2) is 12.3 Å². The zero-order valence-corrected chi connectivity index (χ0v) is 8.45. The maximum absolute atomic E-state index is 12.2. The van der Waals surface area contributed by atoms with E-state index in [1.54, 1.807) is 0 Å². The number of carbonyl (C=O) groups is 1. The van der Waals surface area contributed by atoms with Gasteiger partial charge in [-0.25, -0.2) is 9.78 Å². The van der Waals surface area contributed by atoms with Gasteiger partial charge in [0.15, 0.2) is 0 Å². The summed E-state index contributed by atoms with van der Waals surface area (Å²) in [5.74, 6) is -1.69. The second kappa shape index (κ2) is 4.67. The highest BCUT2D eigenvalue weighted by Crippen LogP contribution is 2.32. The van der Waals surface area contributed by atoms with E-state index < -0.39 is 23.3 Å². The van der Waals surface area contributed by atoms with Crippen LogP contribution in [0.4, 0.5) is 13.2 Å². The molecule has 0 aromatic carbocycles. The molecule has 15 heavy (non-hydrogen) atoms. The summed E-state index contributed by atoms with van der Waals surface area (Å²) in [6, 6.07) is 0.659. The molecule has 3 nitrogen and oxygen atoms in total. The number of aromatic nitrogens is 1. The SMILES string of the molecule is Cl.O=C(O)c1cc(Cl)ncc1C(F)(F)F. The minimum absolute atomic E-state index is 0. The molecular weight excluding hydrogens is 258 g/mol. The lowest BCUT2D eigenvalue weighted by Crippen LogP contribution is -2.13. The van der Waals surface area contributed by atoms with E-state index in [0.29, 0.717) is 12.3 Å². The Morgan fingerprint density at radius 3 is 2.40 bits per heavy atom. The Morgan fingerprint density at radius 1 is 1.47 bits per heavy atom. The molecule has 1 aromatic rings. The number of rotatable bonds is 1. The van der Waals surface area contributed by atoms with Crippen molar-refractivity contribution in [2.75, 3.05) is 0 Å². The number of pyridine rings is 1. The second-order valence-electron chi connectivity index (χ2n) is 2.36. The Balaban J connectivity index is 0.00000196. The highest BCUT2D eigenvalue weighted by molar-refractivity contribution is 6.29. The highest BCUT2D eigenvalue weighted by Gasteiger charge is 2.35. The van der Waals surface area contributed by atoms with E-state index in [2.05, 4.69) is 4.98 Å². The van der Waals surface area contributed by atoms with Gasteiger partial charge in [-0.3, -0.25) is 0 Å². The summed E-state index contributed by atoms with van der Waals surface area (Å²) in [5.41, 5.74) is -2.22. The Labute approximate surface area is 93.3 Å². The molecule has 0 atom stereocenters. The van der Waals surface area contributed by atoms with Crippen molar-refractivity contribution in [3.63, 3.8) is 0 Å². The van der Waals surface area contributed by atoms with E-state index in [-0.39, 0.29) is 17.6 Å². The normalized spacial score (nSPS) is 10.7. The number of carboxylic acids is 1. The van der Waals surface area contributed by atoms with Gasteiger partial charge in [0.1, 0.15) is 5.15 Å². The van der Waals surface area contributed by atoms with Crippen molar-refractivity contribution in [1.29, 1.82) is 0 Å². The van der Waals surface area contributed by atoms with Gasteiger partial charge in [-0.05, 0) is 6.07 Å². The van der Waals surface area contributed by atoms with Gasteiger partial charge < -0.3 is 5.11 Å². The summed E-state index contributed by atoms with van der Waals surface area (Å²) in [6.07, 6.45) is -4.35. The first kappa shape index (κ1) is 14.0. The minimum atomic E-state index is -4.74. The van der Waals surface area contributed by atoms with Crippen LogP contribution in [-0.2, 0) is 6.18 Å². The molecule has 0 bridgehead atoms. The Kier molecular flexibility index (Phi) is 4.36. The monoisotopic (exact) mass is 261 g/mol. The van der Waals surface area contributed by atoms with Crippen molar-refractivity contribution in [1.82, 2.24) is 4.98 Å². The molecule has 1 aromatic heterocycles. The summed E-state index contributed by atoms with van der Waals surface area (Å²) in [4.78, 5) is 13.6. The molecule has 0 aliphatic heterocycles. The van der Waals surface area contributed by atoms with Crippen LogP contribution in [0.2, 0.25) is 5.15 Å². The van der Waals surface area contributed by atoms with Crippen LogP contribution in [-0.4, -0.2) is 16.1 Å². The van der Waals surface area contributed by atoms with E-state index in [4.69, 9.17) is 16.7 Å². The topological polar surface area (TPSA) is 50.2 Å². The molecular formula is C7H4Cl2F3NO2. The molecule has 1 rings (SSSR count). The molecule has 0 amide bonds. The van der Waals surface area contributed by atoms with Crippen LogP contribution < -0.4 is 0 Å². The summed E-state index contributed by atoms with van der Waals surface area (Å²) in [5, 5.41) is 8.17. The van der Waals surface area contributed by atoms with Crippen molar-refractivity contribution in [2.45, 2.75) is 6.18 Å². The number of alkyl halides is 3. The molecule has 0 aliphatic carbocycles. The summed E-state index contributed by atoms with van der Waals surface area (Å²) in [7, 11) is 0. The molecule has 0 fully saturated rings. The fourth-order valence-corrected chi connectivity index (χ4v) is 0.991. The minimum Gasteiger partial charge on any atom is -0.478 e. The van der Waals surface area contributed by atoms with Gasteiger partial charge >= 0.3 is 12.1 Å². The highest BCUT2D eigenvalue weighted by atomic mass is 35.5. The average molecular weight is 262 g/mol. The smallest absolute Gasteiger partial charge is 0.418 e. The van der Waals surface area contributed by atoms with Crippen LogP contribution in [0, 0.1) is 0 Å². The number of nitrogens with zero attached hydrogens (tertiary/aromatic N) is 1. The van der Waals surface area contributed by atoms with Crippen LogP contribution in [0.5, 0.6) is 0 Å². The quantitative estimate of drug-likeness (QED) is 0.791. The molecule has 0 radical (unpaired) electrons. The van der Waals surface area contributed by atoms with E-state index in [0.717, 1.165) is 0 Å². The molecule has 0 unspecified atom stereocenters. The third-order valence-corrected chi connectivity index (χ3v) is 1.61. The lowest BCUT2D eigenvalue weighted by atomic mass is 10.1. The molecule has 8 heteroatoms. The maximum Gasteiger partial charge on any atom is 0.418 e. The van der Waals surface area contributed by atoms with Gasteiger partial charge in [0.2, 0.25) is 0 Å². The predicted molar refractivity (Wildman–Crippen MR) is 48.5 cm³/mol. The fraction of sp³-hybridized carbons (Fsp3) is 0.143. The average Bonchev–Trinajstić information content (AvgIpc) is 2.01. The van der Waals surface area contributed by atoms with Crippen molar-refractivity contribution in [3.05, 3.63) is 28.5 Å². The molecule has 0 saturated carbocycles. The number of halogens is 5. The molecule has 0 spiro atoms. The summed E-state index contributed by atoms with van der Waals surface area (Å²) in [6.45, 7) is 0. The number of hydrogen-bond donors (Lipinski definition) is 1. The zero-order valence-electron chi connectivity index (χ0n) is 6.88. The summed E-state index contributed by atoms with van der Waals surface area (Å²) >= 11 is 5.27.